The molecule has 0 radical (unpaired) electrons. The van der Waals surface area contributed by atoms with E-state index >= 15 is 0 Å². The number of rotatable bonds is 9. The van der Waals surface area contributed by atoms with E-state index < -0.39 is 17.8 Å². The number of piperidine rings is 1. The largest absolute Gasteiger partial charge is 0.424 e. The van der Waals surface area contributed by atoms with Crippen molar-refractivity contribution >= 4 is 34.4 Å². The number of ether oxygens (including phenoxy) is 2. The third kappa shape index (κ3) is 5.23. The number of aromatic nitrogens is 1. The number of anilines is 1. The lowest BCUT2D eigenvalue weighted by molar-refractivity contribution is -0.156. The molecule has 1 aromatic heterocycles. The van der Waals surface area contributed by atoms with Gasteiger partial charge in [-0.3, -0.25) is 4.79 Å². The van der Waals surface area contributed by atoms with Gasteiger partial charge in [-0.2, -0.15) is 0 Å². The zero-order valence-corrected chi connectivity index (χ0v) is 23.5. The maximum Gasteiger partial charge on any atom is 0.424 e. The average molecular weight is 562 g/mol. The van der Waals surface area contributed by atoms with Gasteiger partial charge >= 0.3 is 11.9 Å². The number of halogens is 1. The molecule has 1 saturated heterocycles. The minimum absolute atomic E-state index is 0.0410. The number of esters is 2. The Kier molecular flexibility index (Phi) is 7.79. The normalized spacial score (nSPS) is 17.9. The smallest absolute Gasteiger partial charge is 0.414 e. The second kappa shape index (κ2) is 11.6. The fraction of sp³-hybridized carbons (Fsp3) is 0.469. The molecule has 4 heterocycles. The second-order valence-electron chi connectivity index (χ2n) is 11.3. The number of nitrogens with zero attached hydrogens (tertiary/aromatic N) is 3. The number of benzene rings is 2. The van der Waals surface area contributed by atoms with Gasteiger partial charge in [0.15, 0.2) is 11.6 Å². The molecule has 8 nitrogen and oxygen atoms in total. The molecular weight excluding hydrogens is 525 g/mol. The summed E-state index contributed by atoms with van der Waals surface area (Å²) < 4.78 is 27.8. The predicted octanol–water partition coefficient (Wildman–Crippen LogP) is 5.34. The van der Waals surface area contributed by atoms with Crippen LogP contribution in [0.4, 0.5) is 10.1 Å². The van der Waals surface area contributed by atoms with Crippen LogP contribution in [0, 0.1) is 5.82 Å². The Hall–Kier alpha value is -3.72. The lowest BCUT2D eigenvalue weighted by Crippen LogP contribution is -2.37. The van der Waals surface area contributed by atoms with Gasteiger partial charge in [0, 0.05) is 30.8 Å². The van der Waals surface area contributed by atoms with E-state index in [9.17, 15) is 18.8 Å². The van der Waals surface area contributed by atoms with Crippen LogP contribution in [0.1, 0.15) is 68.9 Å². The third-order valence-electron chi connectivity index (χ3n) is 8.70. The summed E-state index contributed by atoms with van der Waals surface area (Å²) in [6.45, 7) is 6.05. The highest BCUT2D eigenvalue weighted by molar-refractivity contribution is 6.31. The first kappa shape index (κ1) is 27.4. The summed E-state index contributed by atoms with van der Waals surface area (Å²) in [5.41, 5.74) is 3.79. The van der Waals surface area contributed by atoms with Crippen LogP contribution in [-0.4, -0.2) is 53.5 Å². The lowest BCUT2D eigenvalue weighted by atomic mass is 9.88. The fourth-order valence-electron chi connectivity index (χ4n) is 6.58. The van der Waals surface area contributed by atoms with E-state index in [0.717, 1.165) is 87.9 Å². The Bertz CT molecular complexity index is 1490. The van der Waals surface area contributed by atoms with Crippen molar-refractivity contribution in [3.8, 4) is 11.6 Å². The SMILES string of the molecule is CCCCn1c2c(C3CCN(CCCCN4C(=O)CCc5ccccc54)CC3)c3c(c(F)ccc31)OC(=O)C(=O)O2. The molecule has 2 aromatic carbocycles. The van der Waals surface area contributed by atoms with E-state index in [1.165, 1.54) is 11.6 Å². The average Bonchev–Trinajstić information content (AvgIpc) is 3.29. The first-order valence-corrected chi connectivity index (χ1v) is 14.9. The molecular formula is C32H36FN3O5. The minimum Gasteiger partial charge on any atom is -0.414 e. The summed E-state index contributed by atoms with van der Waals surface area (Å²) in [5.74, 6) is -2.57. The van der Waals surface area contributed by atoms with Gasteiger partial charge < -0.3 is 23.8 Å². The number of aryl methyl sites for hydroxylation is 2. The van der Waals surface area contributed by atoms with Crippen molar-refractivity contribution in [1.82, 2.24) is 9.47 Å². The Labute approximate surface area is 239 Å². The maximum atomic E-state index is 15.0. The van der Waals surface area contributed by atoms with Crippen LogP contribution in [0.25, 0.3) is 10.9 Å². The van der Waals surface area contributed by atoms with Crippen LogP contribution < -0.4 is 14.4 Å². The zero-order valence-electron chi connectivity index (χ0n) is 23.5. The number of unbranched alkanes of at least 4 members (excludes halogenated alkanes) is 2. The summed E-state index contributed by atoms with van der Waals surface area (Å²) in [5, 5.41) is 0.543. The molecule has 0 spiro atoms. The molecule has 0 unspecified atom stereocenters. The van der Waals surface area contributed by atoms with Crippen molar-refractivity contribution < 1.29 is 28.2 Å². The van der Waals surface area contributed by atoms with Gasteiger partial charge in [0.25, 0.3) is 0 Å². The molecule has 1 amide bonds. The van der Waals surface area contributed by atoms with Crippen molar-refractivity contribution in [1.29, 1.82) is 0 Å². The zero-order chi connectivity index (χ0) is 28.5. The van der Waals surface area contributed by atoms with Crippen LogP contribution in [-0.2, 0) is 27.3 Å². The number of likely N-dealkylation sites (tertiary alicyclic amines) is 1. The highest BCUT2D eigenvalue weighted by Crippen LogP contribution is 2.47. The molecule has 2 bridgehead atoms. The van der Waals surface area contributed by atoms with Crippen molar-refractivity contribution in [2.24, 2.45) is 0 Å². The van der Waals surface area contributed by atoms with Crippen molar-refractivity contribution in [2.45, 2.75) is 70.8 Å². The fourth-order valence-corrected chi connectivity index (χ4v) is 6.58. The second-order valence-corrected chi connectivity index (χ2v) is 11.3. The number of carbonyl (C=O) groups excluding carboxylic acids is 3. The number of hydrogen-bond acceptors (Lipinski definition) is 6. The monoisotopic (exact) mass is 561 g/mol. The molecule has 3 aromatic rings. The molecule has 0 atom stereocenters. The highest BCUT2D eigenvalue weighted by Gasteiger charge is 2.36. The standard InChI is InChI=1S/C32H36FN3O5/c1-2-3-17-36-25-12-11-23(33)29-28(25)27(30(36)41-32(39)31(38)40-29)22-14-19-34(20-15-22)16-6-7-18-35-24-9-5-4-8-21(24)10-13-26(35)37/h4-5,8-9,11-12,22H,2-3,6-7,10,13-20H2,1H3. The maximum absolute atomic E-state index is 15.0. The molecule has 3 aliphatic rings. The van der Waals surface area contributed by atoms with Gasteiger partial charge in [-0.1, -0.05) is 31.5 Å². The summed E-state index contributed by atoms with van der Waals surface area (Å²) >= 11 is 0. The van der Waals surface area contributed by atoms with Crippen LogP contribution in [0.3, 0.4) is 0 Å². The van der Waals surface area contributed by atoms with Gasteiger partial charge in [-0.15, -0.1) is 0 Å². The lowest BCUT2D eigenvalue weighted by Gasteiger charge is -2.33. The van der Waals surface area contributed by atoms with E-state index in [2.05, 4.69) is 17.9 Å². The molecule has 3 aliphatic heterocycles. The number of amides is 1. The number of fused-ring (bicyclic) bond motifs is 2. The summed E-state index contributed by atoms with van der Waals surface area (Å²) in [4.78, 5) is 41.7. The van der Waals surface area contributed by atoms with Gasteiger partial charge in [-0.05, 0) is 87.8 Å². The Morgan fingerprint density at radius 1 is 0.878 bits per heavy atom. The predicted molar refractivity (Wildman–Crippen MR) is 153 cm³/mol. The highest BCUT2D eigenvalue weighted by atomic mass is 19.1. The van der Waals surface area contributed by atoms with Crippen LogP contribution in [0.2, 0.25) is 0 Å². The molecule has 41 heavy (non-hydrogen) atoms. The van der Waals surface area contributed by atoms with Crippen LogP contribution in [0.15, 0.2) is 36.4 Å². The van der Waals surface area contributed by atoms with Crippen molar-refractivity contribution in [3.05, 3.63) is 53.3 Å². The molecule has 0 saturated carbocycles. The molecule has 9 heteroatoms. The Morgan fingerprint density at radius 3 is 2.44 bits per heavy atom. The van der Waals surface area contributed by atoms with E-state index in [0.29, 0.717) is 24.2 Å². The topological polar surface area (TPSA) is 81.1 Å². The van der Waals surface area contributed by atoms with Gasteiger partial charge in [0.2, 0.25) is 11.8 Å². The first-order valence-electron chi connectivity index (χ1n) is 14.9. The first-order chi connectivity index (χ1) is 20.0. The minimum atomic E-state index is -1.21. The van der Waals surface area contributed by atoms with E-state index in [4.69, 9.17) is 9.47 Å². The van der Waals surface area contributed by atoms with Crippen molar-refractivity contribution in [2.75, 3.05) is 31.1 Å². The molecule has 0 aliphatic carbocycles. The third-order valence-corrected chi connectivity index (χ3v) is 8.70. The van der Waals surface area contributed by atoms with Gasteiger partial charge in [-0.25, -0.2) is 14.0 Å². The Balaban J connectivity index is 1.14. The summed E-state index contributed by atoms with van der Waals surface area (Å²) in [7, 11) is 0. The summed E-state index contributed by atoms with van der Waals surface area (Å²) in [6.07, 6.45) is 6.72. The molecule has 0 N–H and O–H groups in total. The Morgan fingerprint density at radius 2 is 1.63 bits per heavy atom. The number of para-hydroxylation sites is 1. The molecule has 6 rings (SSSR count). The van der Waals surface area contributed by atoms with Crippen LogP contribution in [0.5, 0.6) is 11.6 Å². The van der Waals surface area contributed by atoms with E-state index in [1.54, 1.807) is 6.07 Å². The van der Waals surface area contributed by atoms with Crippen LogP contribution >= 0.6 is 0 Å². The van der Waals surface area contributed by atoms with Gasteiger partial charge in [0.1, 0.15) is 0 Å². The van der Waals surface area contributed by atoms with E-state index in [-0.39, 0.29) is 17.6 Å². The van der Waals surface area contributed by atoms with Crippen molar-refractivity contribution in [3.63, 3.8) is 0 Å². The number of hydrogen-bond donors (Lipinski definition) is 0. The molecule has 1 fully saturated rings. The van der Waals surface area contributed by atoms with E-state index in [1.807, 2.05) is 27.7 Å². The quantitative estimate of drug-likeness (QED) is 0.152. The summed E-state index contributed by atoms with van der Waals surface area (Å²) in [6, 6.07) is 11.1. The molecule has 216 valence electrons. The number of carbonyl (C=O) groups is 3. The van der Waals surface area contributed by atoms with Gasteiger partial charge in [0.05, 0.1) is 10.9 Å².